The quantitative estimate of drug-likeness (QED) is 0.664. The minimum atomic E-state index is -0.233. The number of fused-ring (bicyclic) bond motifs is 1. The second-order valence-corrected chi connectivity index (χ2v) is 6.79. The van der Waals surface area contributed by atoms with Gasteiger partial charge in [0.15, 0.2) is 0 Å². The van der Waals surface area contributed by atoms with Gasteiger partial charge in [-0.2, -0.15) is 0 Å². The molecule has 0 saturated carbocycles. The molecular weight excluding hydrogens is 350 g/mol. The first kappa shape index (κ1) is 18.3. The van der Waals surface area contributed by atoms with Crippen molar-refractivity contribution in [3.8, 4) is 5.75 Å². The highest BCUT2D eigenvalue weighted by molar-refractivity contribution is 6.30. The Hall–Kier alpha value is -2.53. The number of halogens is 1. The van der Waals surface area contributed by atoms with Gasteiger partial charge in [0.2, 0.25) is 0 Å². The van der Waals surface area contributed by atoms with Crippen LogP contribution in [0.15, 0.2) is 42.6 Å². The molecule has 0 bridgehead atoms. The minimum Gasteiger partial charge on any atom is -0.489 e. The molecule has 1 N–H and O–H groups in total. The van der Waals surface area contributed by atoms with E-state index in [0.29, 0.717) is 34.2 Å². The van der Waals surface area contributed by atoms with E-state index in [0.717, 1.165) is 12.1 Å². The van der Waals surface area contributed by atoms with Gasteiger partial charge in [-0.1, -0.05) is 37.1 Å². The van der Waals surface area contributed by atoms with Crippen LogP contribution in [0.3, 0.4) is 0 Å². The zero-order valence-corrected chi connectivity index (χ0v) is 15.9. The molecule has 3 aromatic rings. The van der Waals surface area contributed by atoms with Gasteiger partial charge in [-0.05, 0) is 44.5 Å². The molecule has 0 fully saturated rings. The molecule has 6 heteroatoms. The maximum absolute atomic E-state index is 13.1. The third-order valence-corrected chi connectivity index (χ3v) is 4.08. The summed E-state index contributed by atoms with van der Waals surface area (Å²) in [6, 6.07) is 11.0. The lowest BCUT2D eigenvalue weighted by atomic mass is 10.2. The second kappa shape index (κ2) is 7.79. The molecule has 26 heavy (non-hydrogen) atoms. The summed E-state index contributed by atoms with van der Waals surface area (Å²) in [6.45, 7) is 5.96. The van der Waals surface area contributed by atoms with Gasteiger partial charge in [0.1, 0.15) is 17.1 Å². The van der Waals surface area contributed by atoms with Gasteiger partial charge in [-0.25, -0.2) is 4.98 Å². The first-order valence-corrected chi connectivity index (χ1v) is 9.11. The number of amides is 1. The van der Waals surface area contributed by atoms with Crippen LogP contribution in [-0.4, -0.2) is 21.4 Å². The number of nitrogens with zero attached hydrogens (tertiary/aromatic N) is 2. The predicted molar refractivity (Wildman–Crippen MR) is 104 cm³/mol. The maximum atomic E-state index is 13.1. The van der Waals surface area contributed by atoms with Crippen LogP contribution in [0, 0.1) is 0 Å². The zero-order chi connectivity index (χ0) is 18.7. The van der Waals surface area contributed by atoms with Crippen molar-refractivity contribution in [3.05, 3.63) is 59.0 Å². The van der Waals surface area contributed by atoms with Gasteiger partial charge in [0, 0.05) is 6.20 Å². The number of benzene rings is 1. The van der Waals surface area contributed by atoms with Crippen LogP contribution in [0.1, 0.15) is 43.4 Å². The highest BCUT2D eigenvalue weighted by Crippen LogP contribution is 2.26. The Labute approximate surface area is 158 Å². The van der Waals surface area contributed by atoms with Crippen molar-refractivity contribution in [1.82, 2.24) is 9.38 Å². The fraction of sp³-hybridized carbons (Fsp3) is 0.300. The number of carbonyl (C=O) groups excluding carboxylic acids is 1. The van der Waals surface area contributed by atoms with Crippen LogP contribution in [0.2, 0.25) is 5.02 Å². The highest BCUT2D eigenvalue weighted by atomic mass is 35.5. The molecule has 0 radical (unpaired) electrons. The SMILES string of the molecule is CCCc1nc2ccc(Cl)cn2c1C(=O)Nc1ccccc1OC(C)C. The van der Waals surface area contributed by atoms with E-state index in [1.165, 1.54) is 0 Å². The van der Waals surface area contributed by atoms with Crippen molar-refractivity contribution in [2.75, 3.05) is 5.32 Å². The smallest absolute Gasteiger partial charge is 0.274 e. The standard InChI is InChI=1S/C20H22ClN3O2/c1-4-7-16-19(24-12-14(21)10-11-18(24)22-16)20(25)23-15-8-5-6-9-17(15)26-13(2)3/h5-6,8-13H,4,7H2,1-3H3,(H,23,25). The number of aryl methyl sites for hydroxylation is 1. The Morgan fingerprint density at radius 3 is 2.77 bits per heavy atom. The van der Waals surface area contributed by atoms with Crippen LogP contribution in [-0.2, 0) is 6.42 Å². The summed E-state index contributed by atoms with van der Waals surface area (Å²) >= 11 is 6.12. The van der Waals surface area contributed by atoms with Crippen LogP contribution in [0.25, 0.3) is 5.65 Å². The van der Waals surface area contributed by atoms with E-state index in [1.807, 2.05) is 44.2 Å². The number of ether oxygens (including phenoxy) is 1. The summed E-state index contributed by atoms with van der Waals surface area (Å²) < 4.78 is 7.53. The predicted octanol–water partition coefficient (Wildman–Crippen LogP) is 4.98. The van der Waals surface area contributed by atoms with E-state index in [4.69, 9.17) is 16.3 Å². The maximum Gasteiger partial charge on any atom is 0.274 e. The summed E-state index contributed by atoms with van der Waals surface area (Å²) in [5.74, 6) is 0.405. The molecule has 0 aliphatic rings. The molecule has 136 valence electrons. The number of nitrogens with one attached hydrogen (secondary N) is 1. The Bertz CT molecular complexity index is 934. The molecular formula is C20H22ClN3O2. The van der Waals surface area contributed by atoms with Crippen molar-refractivity contribution >= 4 is 28.8 Å². The van der Waals surface area contributed by atoms with Gasteiger partial charge in [-0.3, -0.25) is 9.20 Å². The summed E-state index contributed by atoms with van der Waals surface area (Å²) in [5, 5.41) is 3.51. The van der Waals surface area contributed by atoms with E-state index in [-0.39, 0.29) is 12.0 Å². The summed E-state index contributed by atoms with van der Waals surface area (Å²) in [5.41, 5.74) is 2.60. The molecule has 3 rings (SSSR count). The number of imidazole rings is 1. The Morgan fingerprint density at radius 2 is 2.04 bits per heavy atom. The van der Waals surface area contributed by atoms with E-state index in [1.54, 1.807) is 16.7 Å². The van der Waals surface area contributed by atoms with Crippen LogP contribution >= 0.6 is 11.6 Å². The summed E-state index contributed by atoms with van der Waals surface area (Å²) in [7, 11) is 0. The van der Waals surface area contributed by atoms with Crippen molar-refractivity contribution < 1.29 is 9.53 Å². The summed E-state index contributed by atoms with van der Waals surface area (Å²) in [4.78, 5) is 17.7. The fourth-order valence-corrected chi connectivity index (χ4v) is 2.99. The third-order valence-electron chi connectivity index (χ3n) is 3.85. The number of hydrogen-bond donors (Lipinski definition) is 1. The van der Waals surface area contributed by atoms with Crippen molar-refractivity contribution in [1.29, 1.82) is 0 Å². The molecule has 0 aliphatic heterocycles. The number of carbonyl (C=O) groups is 1. The van der Waals surface area contributed by atoms with Gasteiger partial charge < -0.3 is 10.1 Å². The topological polar surface area (TPSA) is 55.6 Å². The third kappa shape index (κ3) is 3.83. The van der Waals surface area contributed by atoms with Gasteiger partial charge in [0.25, 0.3) is 5.91 Å². The lowest BCUT2D eigenvalue weighted by molar-refractivity contribution is 0.101. The molecule has 0 spiro atoms. The first-order valence-electron chi connectivity index (χ1n) is 8.73. The van der Waals surface area contributed by atoms with E-state index in [9.17, 15) is 4.79 Å². The van der Waals surface area contributed by atoms with Crippen LogP contribution in [0.5, 0.6) is 5.75 Å². The monoisotopic (exact) mass is 371 g/mol. The normalized spacial score (nSPS) is 11.1. The zero-order valence-electron chi connectivity index (χ0n) is 15.1. The average Bonchev–Trinajstić information content (AvgIpc) is 2.93. The number of rotatable bonds is 6. The molecule has 1 aromatic carbocycles. The van der Waals surface area contributed by atoms with Gasteiger partial charge in [0.05, 0.1) is 22.5 Å². The molecule has 0 aliphatic carbocycles. The second-order valence-electron chi connectivity index (χ2n) is 6.35. The van der Waals surface area contributed by atoms with E-state index < -0.39 is 0 Å². The lowest BCUT2D eigenvalue weighted by Crippen LogP contribution is -2.18. The van der Waals surface area contributed by atoms with Crippen LogP contribution < -0.4 is 10.1 Å². The number of pyridine rings is 1. The molecule has 2 aromatic heterocycles. The fourth-order valence-electron chi connectivity index (χ4n) is 2.83. The summed E-state index contributed by atoms with van der Waals surface area (Å²) in [6.07, 6.45) is 3.34. The van der Waals surface area contributed by atoms with Crippen molar-refractivity contribution in [3.63, 3.8) is 0 Å². The molecule has 5 nitrogen and oxygen atoms in total. The number of anilines is 1. The van der Waals surface area contributed by atoms with E-state index in [2.05, 4.69) is 17.2 Å². The average molecular weight is 372 g/mol. The first-order chi connectivity index (χ1) is 12.5. The Morgan fingerprint density at radius 1 is 1.27 bits per heavy atom. The van der Waals surface area contributed by atoms with Gasteiger partial charge in [-0.15, -0.1) is 0 Å². The lowest BCUT2D eigenvalue weighted by Gasteiger charge is -2.15. The molecule has 0 unspecified atom stereocenters. The van der Waals surface area contributed by atoms with Gasteiger partial charge >= 0.3 is 0 Å². The largest absolute Gasteiger partial charge is 0.489 e. The molecule has 1 amide bonds. The van der Waals surface area contributed by atoms with Crippen molar-refractivity contribution in [2.24, 2.45) is 0 Å². The highest BCUT2D eigenvalue weighted by Gasteiger charge is 2.20. The number of para-hydroxylation sites is 2. The molecule has 2 heterocycles. The van der Waals surface area contributed by atoms with E-state index >= 15 is 0 Å². The molecule has 0 atom stereocenters. The molecule has 0 saturated heterocycles. The Kier molecular flexibility index (Phi) is 5.47. The number of hydrogen-bond acceptors (Lipinski definition) is 3. The number of aromatic nitrogens is 2. The van der Waals surface area contributed by atoms with Crippen molar-refractivity contribution in [2.45, 2.75) is 39.7 Å². The Balaban J connectivity index is 2.00. The van der Waals surface area contributed by atoms with Crippen LogP contribution in [0.4, 0.5) is 5.69 Å². The minimum absolute atomic E-state index is 0.0123.